The maximum Gasteiger partial charge on any atom is 0.158 e. The van der Waals surface area contributed by atoms with Crippen molar-refractivity contribution in [2.45, 2.75) is 6.92 Å². The monoisotopic (exact) mass is 280 g/mol. The lowest BCUT2D eigenvalue weighted by atomic mass is 9.96. The number of hydrogen-bond donors (Lipinski definition) is 1. The van der Waals surface area contributed by atoms with Crippen LogP contribution in [0.1, 0.15) is 5.56 Å². The van der Waals surface area contributed by atoms with Gasteiger partial charge in [0.25, 0.3) is 0 Å². The van der Waals surface area contributed by atoms with Crippen LogP contribution in [0.5, 0.6) is 0 Å². The van der Waals surface area contributed by atoms with E-state index in [0.717, 1.165) is 16.5 Å². The predicted octanol–water partition coefficient (Wildman–Crippen LogP) is 4.61. The molecule has 0 saturated carbocycles. The van der Waals surface area contributed by atoms with Crippen LogP contribution in [0.2, 0.25) is 0 Å². The molecule has 3 aromatic carbocycles. The Kier molecular flexibility index (Phi) is 3.36. The summed E-state index contributed by atoms with van der Waals surface area (Å²) >= 11 is 1.47. The summed E-state index contributed by atoms with van der Waals surface area (Å²) in [5.74, 6) is 0. The first-order valence-electron chi connectivity index (χ1n) is 6.50. The number of benzene rings is 3. The highest BCUT2D eigenvalue weighted by molar-refractivity contribution is 8.13. The van der Waals surface area contributed by atoms with E-state index in [9.17, 15) is 0 Å². The van der Waals surface area contributed by atoms with Gasteiger partial charge < -0.3 is 5.73 Å². The van der Waals surface area contributed by atoms with Crippen LogP contribution in [0.15, 0.2) is 53.5 Å². The molecule has 2 N–H and O–H groups in total. The van der Waals surface area contributed by atoms with E-state index < -0.39 is 0 Å². The Morgan fingerprint density at radius 2 is 1.35 bits per heavy atom. The number of rotatable bonds is 1. The van der Waals surface area contributed by atoms with Gasteiger partial charge in [0.15, 0.2) is 5.17 Å². The van der Waals surface area contributed by atoms with Crippen LogP contribution in [0.4, 0.5) is 5.69 Å². The molecule has 20 heavy (non-hydrogen) atoms. The first kappa shape index (κ1) is 13.0. The molecule has 2 nitrogen and oxygen atoms in total. The Hall–Kier alpha value is -2.00. The molecule has 3 aromatic rings. The normalized spacial score (nSPS) is 12.2. The summed E-state index contributed by atoms with van der Waals surface area (Å²) in [5, 5.41) is 5.36. The van der Waals surface area contributed by atoms with E-state index in [1.165, 1.54) is 28.1 Å². The highest BCUT2D eigenvalue weighted by Crippen LogP contribution is 2.38. The van der Waals surface area contributed by atoms with Crippen molar-refractivity contribution in [2.75, 3.05) is 6.26 Å². The largest absolute Gasteiger partial charge is 0.378 e. The molecule has 0 amide bonds. The predicted molar refractivity (Wildman–Crippen MR) is 91.0 cm³/mol. The quantitative estimate of drug-likeness (QED) is 0.401. The second-order valence-corrected chi connectivity index (χ2v) is 5.55. The van der Waals surface area contributed by atoms with Crippen molar-refractivity contribution in [3.05, 3.63) is 54.1 Å². The molecule has 0 heterocycles. The van der Waals surface area contributed by atoms with Crippen LogP contribution in [-0.4, -0.2) is 11.4 Å². The van der Waals surface area contributed by atoms with Crippen LogP contribution < -0.4 is 5.73 Å². The van der Waals surface area contributed by atoms with Crippen molar-refractivity contribution >= 4 is 44.2 Å². The third-order valence-corrected chi connectivity index (χ3v) is 4.11. The van der Waals surface area contributed by atoms with Crippen molar-refractivity contribution in [1.82, 2.24) is 0 Å². The molecule has 0 radical (unpaired) electrons. The van der Waals surface area contributed by atoms with Crippen LogP contribution in [0.3, 0.4) is 0 Å². The van der Waals surface area contributed by atoms with Gasteiger partial charge in [0.1, 0.15) is 0 Å². The summed E-state index contributed by atoms with van der Waals surface area (Å²) in [5.41, 5.74) is 8.19. The van der Waals surface area contributed by atoms with Gasteiger partial charge in [-0.1, -0.05) is 60.3 Å². The Morgan fingerprint density at radius 3 is 1.80 bits per heavy atom. The second kappa shape index (κ2) is 5.17. The van der Waals surface area contributed by atoms with Gasteiger partial charge in [-0.05, 0) is 29.5 Å². The number of aliphatic imine (C=N–C) groups is 1. The van der Waals surface area contributed by atoms with Crippen molar-refractivity contribution in [1.29, 1.82) is 0 Å². The first-order chi connectivity index (χ1) is 9.72. The molecule has 0 aliphatic rings. The number of nitrogens with two attached hydrogens (primary N) is 1. The van der Waals surface area contributed by atoms with E-state index in [1.807, 2.05) is 18.4 Å². The molecular formula is C17H16N2S. The Bertz CT molecular complexity index is 765. The van der Waals surface area contributed by atoms with E-state index in [2.05, 4.69) is 48.3 Å². The third kappa shape index (κ3) is 2.04. The summed E-state index contributed by atoms with van der Waals surface area (Å²) in [6, 6.07) is 16.7. The van der Waals surface area contributed by atoms with Crippen LogP contribution >= 0.6 is 11.8 Å². The molecule has 0 unspecified atom stereocenters. The molecular weight excluding hydrogens is 264 g/mol. The average molecular weight is 280 g/mol. The standard InChI is InChI=1S/C17H16N2S/c1-11-12-7-3-5-9-14(12)16(19-17(18)20-2)15-10-6-4-8-13(11)15/h3-10H,1-2H3,(H2,18,19). The highest BCUT2D eigenvalue weighted by atomic mass is 32.2. The number of amidine groups is 1. The van der Waals surface area contributed by atoms with E-state index in [0.29, 0.717) is 5.17 Å². The fourth-order valence-electron chi connectivity index (χ4n) is 2.60. The number of fused-ring (bicyclic) bond motifs is 2. The lowest BCUT2D eigenvalue weighted by Gasteiger charge is -2.12. The Morgan fingerprint density at radius 1 is 0.900 bits per heavy atom. The molecule has 0 fully saturated rings. The van der Waals surface area contributed by atoms with Crippen molar-refractivity contribution in [2.24, 2.45) is 10.7 Å². The minimum Gasteiger partial charge on any atom is -0.378 e. The number of aryl methyl sites for hydroxylation is 1. The zero-order valence-corrected chi connectivity index (χ0v) is 12.4. The maximum absolute atomic E-state index is 5.94. The molecule has 100 valence electrons. The molecule has 0 saturated heterocycles. The van der Waals surface area contributed by atoms with Crippen LogP contribution in [0.25, 0.3) is 21.5 Å². The molecule has 0 bridgehead atoms. The lowest BCUT2D eigenvalue weighted by Crippen LogP contribution is -2.04. The number of nitrogens with zero attached hydrogens (tertiary/aromatic N) is 1. The average Bonchev–Trinajstić information content (AvgIpc) is 2.51. The summed E-state index contributed by atoms with van der Waals surface area (Å²) < 4.78 is 0. The molecule has 0 aromatic heterocycles. The van der Waals surface area contributed by atoms with E-state index in [4.69, 9.17) is 5.73 Å². The minimum absolute atomic E-state index is 0.587. The zero-order chi connectivity index (χ0) is 14.1. The molecule has 0 aliphatic carbocycles. The molecule has 0 aliphatic heterocycles. The van der Waals surface area contributed by atoms with Gasteiger partial charge in [0.2, 0.25) is 0 Å². The Balaban J connectivity index is 2.53. The maximum atomic E-state index is 5.94. The summed E-state index contributed by atoms with van der Waals surface area (Å²) in [6.07, 6.45) is 1.94. The number of thioether (sulfide) groups is 1. The highest BCUT2D eigenvalue weighted by Gasteiger charge is 2.10. The third-order valence-electron chi connectivity index (χ3n) is 3.60. The first-order valence-corrected chi connectivity index (χ1v) is 7.73. The molecule has 0 atom stereocenters. The van der Waals surface area contributed by atoms with Gasteiger partial charge >= 0.3 is 0 Å². The van der Waals surface area contributed by atoms with Gasteiger partial charge in [0.05, 0.1) is 5.69 Å². The minimum atomic E-state index is 0.587. The summed E-state index contributed by atoms with van der Waals surface area (Å²) in [6.45, 7) is 2.16. The molecule has 0 spiro atoms. The van der Waals surface area contributed by atoms with Crippen molar-refractivity contribution < 1.29 is 0 Å². The lowest BCUT2D eigenvalue weighted by molar-refractivity contribution is 1.53. The summed E-state index contributed by atoms with van der Waals surface area (Å²) in [4.78, 5) is 4.63. The van der Waals surface area contributed by atoms with E-state index >= 15 is 0 Å². The van der Waals surface area contributed by atoms with Crippen molar-refractivity contribution in [3.8, 4) is 0 Å². The van der Waals surface area contributed by atoms with Crippen molar-refractivity contribution in [3.63, 3.8) is 0 Å². The van der Waals surface area contributed by atoms with Gasteiger partial charge in [-0.15, -0.1) is 0 Å². The van der Waals surface area contributed by atoms with Gasteiger partial charge in [-0.3, -0.25) is 0 Å². The fraction of sp³-hybridized carbons (Fsp3) is 0.118. The SMILES string of the molecule is CSC(N)=Nc1c2ccccc2c(C)c2ccccc12. The Labute approximate surface area is 122 Å². The second-order valence-electron chi connectivity index (χ2n) is 4.72. The fourth-order valence-corrected chi connectivity index (χ4v) is 2.78. The van der Waals surface area contributed by atoms with E-state index in [1.54, 1.807) is 0 Å². The smallest absolute Gasteiger partial charge is 0.158 e. The topological polar surface area (TPSA) is 38.4 Å². The van der Waals surface area contributed by atoms with Gasteiger partial charge in [-0.2, -0.15) is 0 Å². The van der Waals surface area contributed by atoms with Crippen LogP contribution in [-0.2, 0) is 0 Å². The molecule has 3 heteroatoms. The number of hydrogen-bond acceptors (Lipinski definition) is 2. The summed E-state index contributed by atoms with van der Waals surface area (Å²) in [7, 11) is 0. The van der Waals surface area contributed by atoms with Gasteiger partial charge in [0, 0.05) is 10.8 Å². The van der Waals surface area contributed by atoms with Gasteiger partial charge in [-0.25, -0.2) is 4.99 Å². The zero-order valence-electron chi connectivity index (χ0n) is 11.6. The van der Waals surface area contributed by atoms with Crippen LogP contribution in [0, 0.1) is 6.92 Å². The van der Waals surface area contributed by atoms with E-state index in [-0.39, 0.29) is 0 Å². The molecule has 3 rings (SSSR count).